The van der Waals surface area contributed by atoms with Crippen molar-refractivity contribution in [3.63, 3.8) is 0 Å². The molecule has 0 aliphatic carbocycles. The molecule has 1 saturated heterocycles. The van der Waals surface area contributed by atoms with E-state index in [1.165, 1.54) is 0 Å². The number of aliphatic hydroxyl groups is 1. The fourth-order valence-corrected chi connectivity index (χ4v) is 2.78. The smallest absolute Gasteiger partial charge is 0.137 e. The highest BCUT2D eigenvalue weighted by atomic mass is 16.5. The van der Waals surface area contributed by atoms with Crippen molar-refractivity contribution in [2.75, 3.05) is 13.2 Å². The Morgan fingerprint density at radius 2 is 2.04 bits per heavy atom. The summed E-state index contributed by atoms with van der Waals surface area (Å²) >= 11 is 0. The van der Waals surface area contributed by atoms with E-state index >= 15 is 0 Å². The Kier molecular flexibility index (Phi) is 4.84. The minimum absolute atomic E-state index is 0.0776. The topological polar surface area (TPSA) is 80.7 Å². The third-order valence-electron chi connectivity index (χ3n) is 4.00. The first-order valence-corrected chi connectivity index (χ1v) is 8.04. The molecule has 6 heteroatoms. The van der Waals surface area contributed by atoms with Gasteiger partial charge >= 0.3 is 0 Å². The Bertz CT molecular complexity index is 628. The van der Waals surface area contributed by atoms with Crippen LogP contribution in [0.5, 0.6) is 0 Å². The minimum Gasteiger partial charge on any atom is -0.462 e. The van der Waals surface area contributed by atoms with E-state index < -0.39 is 0 Å². The van der Waals surface area contributed by atoms with Crippen LogP contribution in [0.25, 0.3) is 0 Å². The summed E-state index contributed by atoms with van der Waals surface area (Å²) in [7, 11) is 0. The highest BCUT2D eigenvalue weighted by Gasteiger charge is 2.39. The van der Waals surface area contributed by atoms with Crippen molar-refractivity contribution in [2.45, 2.75) is 45.4 Å². The molecular weight excluding hydrogens is 296 g/mol. The third kappa shape index (κ3) is 4.02. The molecule has 0 aromatic carbocycles. The van der Waals surface area contributed by atoms with E-state index in [4.69, 9.17) is 18.8 Å². The van der Waals surface area contributed by atoms with Crippen molar-refractivity contribution in [1.82, 2.24) is 10.5 Å². The molecule has 1 aliphatic rings. The van der Waals surface area contributed by atoms with E-state index in [1.807, 2.05) is 12.1 Å². The average molecular weight is 320 g/mol. The Morgan fingerprint density at radius 3 is 2.65 bits per heavy atom. The number of furan rings is 1. The van der Waals surface area contributed by atoms with Crippen LogP contribution in [0.15, 0.2) is 27.1 Å². The number of aromatic nitrogens is 1. The van der Waals surface area contributed by atoms with Crippen molar-refractivity contribution in [1.29, 1.82) is 0 Å². The van der Waals surface area contributed by atoms with Gasteiger partial charge in [0.2, 0.25) is 0 Å². The van der Waals surface area contributed by atoms with Crippen LogP contribution in [0.1, 0.15) is 36.8 Å². The van der Waals surface area contributed by atoms with Crippen molar-refractivity contribution < 1.29 is 18.8 Å². The fourth-order valence-electron chi connectivity index (χ4n) is 2.78. The first kappa shape index (κ1) is 16.2. The molecule has 0 saturated carbocycles. The van der Waals surface area contributed by atoms with E-state index in [2.05, 4.69) is 24.3 Å². The van der Waals surface area contributed by atoms with Gasteiger partial charge in [0, 0.05) is 18.9 Å². The maximum atomic E-state index is 9.04. The van der Waals surface area contributed by atoms with Gasteiger partial charge in [-0.2, -0.15) is 0 Å². The van der Waals surface area contributed by atoms with Crippen molar-refractivity contribution in [2.24, 2.45) is 5.92 Å². The second-order valence-electron chi connectivity index (χ2n) is 6.71. The van der Waals surface area contributed by atoms with Gasteiger partial charge in [0.15, 0.2) is 0 Å². The maximum Gasteiger partial charge on any atom is 0.137 e. The summed E-state index contributed by atoms with van der Waals surface area (Å²) in [4.78, 5) is 0. The van der Waals surface area contributed by atoms with Crippen molar-refractivity contribution in [3.8, 4) is 0 Å². The number of aliphatic hydroxyl groups excluding tert-OH is 1. The molecule has 0 unspecified atom stereocenters. The zero-order valence-corrected chi connectivity index (χ0v) is 13.7. The minimum atomic E-state index is -0.127. The van der Waals surface area contributed by atoms with Gasteiger partial charge in [-0.1, -0.05) is 19.0 Å². The second-order valence-corrected chi connectivity index (χ2v) is 6.71. The van der Waals surface area contributed by atoms with Crippen LogP contribution in [-0.2, 0) is 30.7 Å². The van der Waals surface area contributed by atoms with E-state index in [0.29, 0.717) is 31.4 Å². The standard InChI is InChI=1S/C17H24N2O4/c1-12(2)5-16-6-13(19-23-16)7-17(10-21-11-17)18-8-14-3-4-15(9-20)22-14/h3-4,6,12,18,20H,5,7-11H2,1-2H3. The van der Waals surface area contributed by atoms with Crippen LogP contribution in [0.2, 0.25) is 0 Å². The van der Waals surface area contributed by atoms with Gasteiger partial charge in [-0.3, -0.25) is 5.32 Å². The zero-order chi connectivity index (χ0) is 16.3. The summed E-state index contributed by atoms with van der Waals surface area (Å²) in [5.74, 6) is 2.87. The van der Waals surface area contributed by atoms with Crippen LogP contribution in [0, 0.1) is 5.92 Å². The van der Waals surface area contributed by atoms with E-state index in [1.54, 1.807) is 6.07 Å². The Morgan fingerprint density at radius 1 is 1.26 bits per heavy atom. The maximum absolute atomic E-state index is 9.04. The zero-order valence-electron chi connectivity index (χ0n) is 13.7. The highest BCUT2D eigenvalue weighted by molar-refractivity contribution is 5.13. The molecule has 0 atom stereocenters. The predicted molar refractivity (Wildman–Crippen MR) is 83.8 cm³/mol. The number of ether oxygens (including phenoxy) is 1. The van der Waals surface area contributed by atoms with Crippen LogP contribution < -0.4 is 5.32 Å². The monoisotopic (exact) mass is 320 g/mol. The molecule has 1 fully saturated rings. The molecule has 0 bridgehead atoms. The lowest BCUT2D eigenvalue weighted by molar-refractivity contribution is -0.0762. The molecule has 2 N–H and O–H groups in total. The molecule has 0 amide bonds. The van der Waals surface area contributed by atoms with Gasteiger partial charge in [0.25, 0.3) is 0 Å². The molecule has 1 aliphatic heterocycles. The molecule has 3 rings (SSSR count). The SMILES string of the molecule is CC(C)Cc1cc(CC2(NCc3ccc(CO)o3)COC2)no1. The summed E-state index contributed by atoms with van der Waals surface area (Å²) < 4.78 is 16.3. The van der Waals surface area contributed by atoms with Gasteiger partial charge in [0.1, 0.15) is 23.9 Å². The third-order valence-corrected chi connectivity index (χ3v) is 4.00. The van der Waals surface area contributed by atoms with Gasteiger partial charge in [-0.05, 0) is 18.1 Å². The lowest BCUT2D eigenvalue weighted by Crippen LogP contribution is -2.61. The molecule has 6 nitrogen and oxygen atoms in total. The van der Waals surface area contributed by atoms with Crippen LogP contribution in [-0.4, -0.2) is 29.0 Å². The first-order chi connectivity index (χ1) is 11.1. The lowest BCUT2D eigenvalue weighted by Gasteiger charge is -2.41. The first-order valence-electron chi connectivity index (χ1n) is 8.04. The number of rotatable bonds is 8. The summed E-state index contributed by atoms with van der Waals surface area (Å²) in [6.07, 6.45) is 1.67. The Balaban J connectivity index is 1.58. The molecular formula is C17H24N2O4. The largest absolute Gasteiger partial charge is 0.462 e. The van der Waals surface area contributed by atoms with Gasteiger partial charge in [-0.15, -0.1) is 0 Å². The number of nitrogens with one attached hydrogen (secondary N) is 1. The lowest BCUT2D eigenvalue weighted by atomic mass is 9.91. The molecule has 0 spiro atoms. The molecule has 3 heterocycles. The quantitative estimate of drug-likeness (QED) is 0.775. The normalized spacial score (nSPS) is 16.7. The predicted octanol–water partition coefficient (Wildman–Crippen LogP) is 2.06. The van der Waals surface area contributed by atoms with Crippen molar-refractivity contribution >= 4 is 0 Å². The highest BCUT2D eigenvalue weighted by Crippen LogP contribution is 2.24. The average Bonchev–Trinajstić information content (AvgIpc) is 3.10. The number of nitrogens with zero attached hydrogens (tertiary/aromatic N) is 1. The second kappa shape index (κ2) is 6.86. The number of hydrogen-bond donors (Lipinski definition) is 2. The van der Waals surface area contributed by atoms with Gasteiger partial charge in [0.05, 0.1) is 31.0 Å². The molecule has 0 radical (unpaired) electrons. The molecule has 2 aromatic heterocycles. The van der Waals surface area contributed by atoms with Crippen LogP contribution in [0.4, 0.5) is 0 Å². The van der Waals surface area contributed by atoms with Crippen LogP contribution >= 0.6 is 0 Å². The molecule has 2 aromatic rings. The summed E-state index contributed by atoms with van der Waals surface area (Å²) in [6.45, 7) is 6.13. The van der Waals surface area contributed by atoms with E-state index in [-0.39, 0.29) is 12.1 Å². The van der Waals surface area contributed by atoms with E-state index in [9.17, 15) is 0 Å². The fraction of sp³-hybridized carbons (Fsp3) is 0.588. The summed E-state index contributed by atoms with van der Waals surface area (Å²) in [6, 6.07) is 5.71. The van der Waals surface area contributed by atoms with Gasteiger partial charge < -0.3 is 18.8 Å². The molecule has 23 heavy (non-hydrogen) atoms. The Hall–Kier alpha value is -1.63. The summed E-state index contributed by atoms with van der Waals surface area (Å²) in [5.41, 5.74) is 0.824. The molecule has 126 valence electrons. The Labute approximate surface area is 135 Å². The van der Waals surface area contributed by atoms with E-state index in [0.717, 1.165) is 30.1 Å². The van der Waals surface area contributed by atoms with Crippen LogP contribution in [0.3, 0.4) is 0 Å². The van der Waals surface area contributed by atoms with Gasteiger partial charge in [-0.25, -0.2) is 0 Å². The number of hydrogen-bond acceptors (Lipinski definition) is 6. The van der Waals surface area contributed by atoms with Crippen molar-refractivity contribution in [3.05, 3.63) is 41.2 Å². The summed E-state index contributed by atoms with van der Waals surface area (Å²) in [5, 5.41) is 16.7.